The summed E-state index contributed by atoms with van der Waals surface area (Å²) in [5, 5.41) is 3.47. The third-order valence-electron chi connectivity index (χ3n) is 2.95. The minimum absolute atomic E-state index is 0.0194. The zero-order valence-corrected chi connectivity index (χ0v) is 12.5. The van der Waals surface area contributed by atoms with Crippen molar-refractivity contribution in [1.82, 2.24) is 10.2 Å². The van der Waals surface area contributed by atoms with Gasteiger partial charge in [-0.25, -0.2) is 4.79 Å². The summed E-state index contributed by atoms with van der Waals surface area (Å²) in [5.41, 5.74) is 0.420. The van der Waals surface area contributed by atoms with Crippen LogP contribution in [0.4, 0.5) is 0 Å². The van der Waals surface area contributed by atoms with Crippen LogP contribution in [0.25, 0.3) is 0 Å². The molecule has 5 nitrogen and oxygen atoms in total. The lowest BCUT2D eigenvalue weighted by Gasteiger charge is -2.13. The lowest BCUT2D eigenvalue weighted by atomic mass is 10.0. The van der Waals surface area contributed by atoms with E-state index in [9.17, 15) is 9.59 Å². The highest BCUT2D eigenvalue weighted by Gasteiger charge is 2.24. The summed E-state index contributed by atoms with van der Waals surface area (Å²) in [6.45, 7) is 3.21. The van der Waals surface area contributed by atoms with E-state index in [-0.39, 0.29) is 18.0 Å². The van der Waals surface area contributed by atoms with Crippen LogP contribution >= 0.6 is 12.2 Å². The molecule has 1 aliphatic rings. The second-order valence-electron chi connectivity index (χ2n) is 4.38. The molecule has 0 radical (unpaired) electrons. The van der Waals surface area contributed by atoms with Crippen molar-refractivity contribution in [3.05, 3.63) is 47.7 Å². The van der Waals surface area contributed by atoms with Crippen molar-refractivity contribution in [3.8, 4) is 0 Å². The molecule has 0 saturated carbocycles. The summed E-state index contributed by atoms with van der Waals surface area (Å²) in [5.74, 6) is -1.01. The summed E-state index contributed by atoms with van der Waals surface area (Å²) in [6.07, 6.45) is 1.47. The van der Waals surface area contributed by atoms with E-state index in [2.05, 4.69) is 5.32 Å². The number of hydrogen-bond acceptors (Lipinski definition) is 4. The summed E-state index contributed by atoms with van der Waals surface area (Å²) in [6, 6.07) is 8.63. The van der Waals surface area contributed by atoms with E-state index >= 15 is 0 Å². The Labute approximate surface area is 128 Å². The van der Waals surface area contributed by atoms with Gasteiger partial charge in [-0.05, 0) is 19.1 Å². The standard InChI is InChI=1S/C15H16N2O3S/c1-2-20-14(19)12(10-17-9-8-16-15(17)21)13(18)11-6-4-3-5-7-11/h3-7,10H,2,8-9H2,1H3,(H,16,21)/b12-10+. The second kappa shape index (κ2) is 6.99. The summed E-state index contributed by atoms with van der Waals surface area (Å²) in [4.78, 5) is 26.2. The van der Waals surface area contributed by atoms with Crippen LogP contribution in [0.15, 0.2) is 42.1 Å². The van der Waals surface area contributed by atoms with Crippen LogP contribution in [0, 0.1) is 0 Å². The summed E-state index contributed by atoms with van der Waals surface area (Å²) < 4.78 is 4.97. The quantitative estimate of drug-likeness (QED) is 0.222. The Morgan fingerprint density at radius 2 is 2.10 bits per heavy atom. The van der Waals surface area contributed by atoms with Crippen LogP contribution in [0.3, 0.4) is 0 Å². The fourth-order valence-electron chi connectivity index (χ4n) is 1.92. The van der Waals surface area contributed by atoms with Gasteiger partial charge in [0.05, 0.1) is 6.61 Å². The third kappa shape index (κ3) is 3.66. The monoisotopic (exact) mass is 304 g/mol. The smallest absolute Gasteiger partial charge is 0.343 e. The topological polar surface area (TPSA) is 58.6 Å². The molecule has 0 amide bonds. The SMILES string of the molecule is CCOC(=O)/C(=C/N1CCNC1=S)C(=O)c1ccccc1. The predicted octanol–water partition coefficient (Wildman–Crippen LogP) is 1.51. The van der Waals surface area contributed by atoms with Crippen LogP contribution < -0.4 is 5.32 Å². The third-order valence-corrected chi connectivity index (χ3v) is 3.33. The number of carbonyl (C=O) groups is 2. The number of nitrogens with one attached hydrogen (secondary N) is 1. The number of nitrogens with zero attached hydrogens (tertiary/aromatic N) is 1. The molecule has 21 heavy (non-hydrogen) atoms. The maximum atomic E-state index is 12.5. The zero-order valence-electron chi connectivity index (χ0n) is 11.7. The van der Waals surface area contributed by atoms with Gasteiger partial charge in [0.2, 0.25) is 5.78 Å². The van der Waals surface area contributed by atoms with Gasteiger partial charge in [0.15, 0.2) is 5.11 Å². The number of hydrogen-bond donors (Lipinski definition) is 1. The molecule has 1 saturated heterocycles. The molecule has 0 unspecified atom stereocenters. The molecule has 1 heterocycles. The Morgan fingerprint density at radius 3 is 2.67 bits per heavy atom. The molecule has 1 aromatic rings. The molecule has 2 rings (SSSR count). The second-order valence-corrected chi connectivity index (χ2v) is 4.77. The van der Waals surface area contributed by atoms with E-state index < -0.39 is 5.97 Å². The van der Waals surface area contributed by atoms with Crippen LogP contribution in [0.5, 0.6) is 0 Å². The Hall–Kier alpha value is -2.21. The van der Waals surface area contributed by atoms with Gasteiger partial charge in [0.1, 0.15) is 5.57 Å². The first-order valence-corrected chi connectivity index (χ1v) is 7.07. The fourth-order valence-corrected chi connectivity index (χ4v) is 2.17. The molecule has 0 atom stereocenters. The van der Waals surface area contributed by atoms with Gasteiger partial charge < -0.3 is 15.0 Å². The molecule has 0 aliphatic carbocycles. The molecule has 1 aromatic carbocycles. The van der Waals surface area contributed by atoms with E-state index in [1.165, 1.54) is 6.20 Å². The molecule has 0 aromatic heterocycles. The van der Waals surface area contributed by atoms with Crippen molar-refractivity contribution >= 4 is 29.1 Å². The normalized spacial score (nSPS) is 14.8. The zero-order chi connectivity index (χ0) is 15.2. The number of esters is 1. The van der Waals surface area contributed by atoms with Crippen molar-refractivity contribution in [3.63, 3.8) is 0 Å². The summed E-state index contributed by atoms with van der Waals surface area (Å²) >= 11 is 5.12. The molecule has 6 heteroatoms. The highest BCUT2D eigenvalue weighted by Crippen LogP contribution is 2.12. The number of ether oxygens (including phenoxy) is 1. The van der Waals surface area contributed by atoms with Gasteiger partial charge in [0, 0.05) is 24.9 Å². The van der Waals surface area contributed by atoms with Gasteiger partial charge in [-0.1, -0.05) is 30.3 Å². The van der Waals surface area contributed by atoms with Gasteiger partial charge >= 0.3 is 5.97 Å². The Balaban J connectivity index is 2.32. The van der Waals surface area contributed by atoms with Crippen molar-refractivity contribution < 1.29 is 14.3 Å². The van der Waals surface area contributed by atoms with Gasteiger partial charge in [-0.2, -0.15) is 0 Å². The highest BCUT2D eigenvalue weighted by molar-refractivity contribution is 7.80. The molecule has 1 fully saturated rings. The first kappa shape index (κ1) is 15.2. The maximum Gasteiger partial charge on any atom is 0.343 e. The van der Waals surface area contributed by atoms with Crippen molar-refractivity contribution in [1.29, 1.82) is 0 Å². The molecule has 1 N–H and O–H groups in total. The lowest BCUT2D eigenvalue weighted by Crippen LogP contribution is -2.26. The van der Waals surface area contributed by atoms with Crippen molar-refractivity contribution in [2.75, 3.05) is 19.7 Å². The molecule has 0 spiro atoms. The van der Waals surface area contributed by atoms with E-state index in [0.29, 0.717) is 23.8 Å². The molecule has 110 valence electrons. The number of ketones is 1. The minimum atomic E-state index is -0.638. The Morgan fingerprint density at radius 1 is 1.38 bits per heavy atom. The molecule has 1 aliphatic heterocycles. The number of Topliss-reactive ketones (excluding diaryl/α,β-unsaturated/α-hetero) is 1. The average Bonchev–Trinajstić information content (AvgIpc) is 2.90. The van der Waals surface area contributed by atoms with Gasteiger partial charge in [-0.3, -0.25) is 4.79 Å². The molecular weight excluding hydrogens is 288 g/mol. The van der Waals surface area contributed by atoms with Gasteiger partial charge in [-0.15, -0.1) is 0 Å². The maximum absolute atomic E-state index is 12.5. The number of carbonyl (C=O) groups excluding carboxylic acids is 2. The lowest BCUT2D eigenvalue weighted by molar-refractivity contribution is -0.138. The number of thiocarbonyl (C=S) groups is 1. The molecule has 0 bridgehead atoms. The average molecular weight is 304 g/mol. The number of benzene rings is 1. The summed E-state index contributed by atoms with van der Waals surface area (Å²) in [7, 11) is 0. The first-order chi connectivity index (χ1) is 10.1. The van der Waals surface area contributed by atoms with E-state index in [4.69, 9.17) is 17.0 Å². The van der Waals surface area contributed by atoms with Crippen LogP contribution in [-0.2, 0) is 9.53 Å². The van der Waals surface area contributed by atoms with Crippen LogP contribution in [0.1, 0.15) is 17.3 Å². The fraction of sp³-hybridized carbons (Fsp3) is 0.267. The minimum Gasteiger partial charge on any atom is -0.462 e. The highest BCUT2D eigenvalue weighted by atomic mass is 32.1. The van der Waals surface area contributed by atoms with E-state index in [0.717, 1.165) is 0 Å². The number of rotatable bonds is 5. The van der Waals surface area contributed by atoms with Crippen LogP contribution in [0.2, 0.25) is 0 Å². The molecular formula is C15H16N2O3S. The largest absolute Gasteiger partial charge is 0.462 e. The Bertz CT molecular complexity index is 584. The van der Waals surface area contributed by atoms with Crippen molar-refractivity contribution in [2.24, 2.45) is 0 Å². The predicted molar refractivity (Wildman–Crippen MR) is 82.8 cm³/mol. The van der Waals surface area contributed by atoms with Gasteiger partial charge in [0.25, 0.3) is 0 Å². The van der Waals surface area contributed by atoms with Crippen molar-refractivity contribution in [2.45, 2.75) is 6.92 Å². The Kier molecular flexibility index (Phi) is 5.05. The van der Waals surface area contributed by atoms with E-state index in [1.807, 2.05) is 6.07 Å². The van der Waals surface area contributed by atoms with E-state index in [1.54, 1.807) is 36.1 Å². The van der Waals surface area contributed by atoms with Crippen LogP contribution in [-0.4, -0.2) is 41.5 Å². The first-order valence-electron chi connectivity index (χ1n) is 6.66.